The first-order valence-corrected chi connectivity index (χ1v) is 9.89. The van der Waals surface area contributed by atoms with Gasteiger partial charge in [-0.15, -0.1) is 10.2 Å². The SMILES string of the molecule is CC(C)(CNC(=O)CCc1nnc(-c2ccsc2)o1)c1cccc(C(F)(F)F)c1. The summed E-state index contributed by atoms with van der Waals surface area (Å²) in [6.45, 7) is 3.78. The van der Waals surface area contributed by atoms with E-state index in [9.17, 15) is 18.0 Å². The van der Waals surface area contributed by atoms with Crippen LogP contribution in [0.2, 0.25) is 0 Å². The van der Waals surface area contributed by atoms with E-state index < -0.39 is 17.2 Å². The van der Waals surface area contributed by atoms with Gasteiger partial charge >= 0.3 is 6.18 Å². The second-order valence-electron chi connectivity index (χ2n) is 7.25. The molecule has 0 aliphatic rings. The molecular formula is C20H20F3N3O2S. The zero-order valence-corrected chi connectivity index (χ0v) is 16.7. The van der Waals surface area contributed by atoms with Crippen molar-refractivity contribution in [2.75, 3.05) is 6.54 Å². The third-order valence-electron chi connectivity index (χ3n) is 4.50. The van der Waals surface area contributed by atoms with Gasteiger partial charge in [-0.05, 0) is 23.1 Å². The monoisotopic (exact) mass is 423 g/mol. The molecule has 0 radical (unpaired) electrons. The molecule has 0 spiro atoms. The highest BCUT2D eigenvalue weighted by molar-refractivity contribution is 7.08. The third-order valence-corrected chi connectivity index (χ3v) is 5.18. The predicted octanol–water partition coefficient (Wildman–Crippen LogP) is 4.84. The van der Waals surface area contributed by atoms with E-state index in [0.717, 1.165) is 17.7 Å². The molecule has 0 unspecified atom stereocenters. The van der Waals surface area contributed by atoms with Gasteiger partial charge < -0.3 is 9.73 Å². The number of alkyl halides is 3. The molecule has 5 nitrogen and oxygen atoms in total. The van der Waals surface area contributed by atoms with Gasteiger partial charge in [0.15, 0.2) is 0 Å². The van der Waals surface area contributed by atoms with E-state index in [1.165, 1.54) is 17.4 Å². The van der Waals surface area contributed by atoms with E-state index >= 15 is 0 Å². The summed E-state index contributed by atoms with van der Waals surface area (Å²) in [7, 11) is 0. The van der Waals surface area contributed by atoms with Gasteiger partial charge in [0.25, 0.3) is 0 Å². The highest BCUT2D eigenvalue weighted by Gasteiger charge is 2.32. The third kappa shape index (κ3) is 5.44. The van der Waals surface area contributed by atoms with Gasteiger partial charge in [0.1, 0.15) is 0 Å². The van der Waals surface area contributed by atoms with Crippen molar-refractivity contribution in [3.05, 3.63) is 58.1 Å². The van der Waals surface area contributed by atoms with E-state index in [4.69, 9.17) is 4.42 Å². The summed E-state index contributed by atoms with van der Waals surface area (Å²) in [5, 5.41) is 14.5. The maximum absolute atomic E-state index is 12.9. The summed E-state index contributed by atoms with van der Waals surface area (Å²) < 4.78 is 44.3. The summed E-state index contributed by atoms with van der Waals surface area (Å²) in [5.41, 5.74) is -0.0220. The van der Waals surface area contributed by atoms with E-state index in [1.807, 2.05) is 16.8 Å². The van der Waals surface area contributed by atoms with Crippen LogP contribution in [0.1, 0.15) is 37.3 Å². The van der Waals surface area contributed by atoms with Crippen LogP contribution in [0.25, 0.3) is 11.5 Å². The minimum Gasteiger partial charge on any atom is -0.421 e. The van der Waals surface area contributed by atoms with Crippen LogP contribution in [-0.2, 0) is 22.8 Å². The molecule has 0 saturated heterocycles. The smallest absolute Gasteiger partial charge is 0.416 e. The molecule has 1 amide bonds. The van der Waals surface area contributed by atoms with Crippen molar-refractivity contribution in [1.29, 1.82) is 0 Å². The fraction of sp³-hybridized carbons (Fsp3) is 0.350. The molecule has 3 rings (SSSR count). The first-order valence-electron chi connectivity index (χ1n) is 8.94. The van der Waals surface area contributed by atoms with E-state index in [2.05, 4.69) is 15.5 Å². The summed E-state index contributed by atoms with van der Waals surface area (Å²) in [5.74, 6) is 0.533. The molecule has 0 atom stereocenters. The molecule has 0 bridgehead atoms. The second kappa shape index (κ2) is 8.36. The minimum atomic E-state index is -4.40. The Balaban J connectivity index is 1.53. The average molecular weight is 423 g/mol. The Morgan fingerprint density at radius 3 is 2.62 bits per heavy atom. The fourth-order valence-corrected chi connectivity index (χ4v) is 3.33. The molecule has 0 aliphatic carbocycles. The number of aromatic nitrogens is 2. The highest BCUT2D eigenvalue weighted by Crippen LogP contribution is 2.32. The molecule has 3 aromatic rings. The Labute approximate surface area is 170 Å². The van der Waals surface area contributed by atoms with Crippen molar-refractivity contribution < 1.29 is 22.4 Å². The number of amides is 1. The lowest BCUT2D eigenvalue weighted by Gasteiger charge is -2.26. The number of halogens is 3. The molecule has 9 heteroatoms. The van der Waals surface area contributed by atoms with Crippen molar-refractivity contribution in [1.82, 2.24) is 15.5 Å². The molecular weight excluding hydrogens is 403 g/mol. The van der Waals surface area contributed by atoms with Crippen molar-refractivity contribution >= 4 is 17.2 Å². The van der Waals surface area contributed by atoms with Crippen LogP contribution >= 0.6 is 11.3 Å². The number of rotatable bonds is 7. The van der Waals surface area contributed by atoms with Crippen LogP contribution in [0, 0.1) is 0 Å². The van der Waals surface area contributed by atoms with Crippen LogP contribution in [-0.4, -0.2) is 22.6 Å². The molecule has 1 N–H and O–H groups in total. The molecule has 0 fully saturated rings. The molecule has 0 aliphatic heterocycles. The number of nitrogens with zero attached hydrogens (tertiary/aromatic N) is 2. The van der Waals surface area contributed by atoms with E-state index in [1.54, 1.807) is 19.9 Å². The van der Waals surface area contributed by atoms with Crippen molar-refractivity contribution in [2.45, 2.75) is 38.3 Å². The molecule has 2 heterocycles. The molecule has 154 valence electrons. The Morgan fingerprint density at radius 1 is 1.17 bits per heavy atom. The quantitative estimate of drug-likeness (QED) is 0.590. The van der Waals surface area contributed by atoms with Gasteiger partial charge in [-0.3, -0.25) is 4.79 Å². The molecule has 1 aromatic carbocycles. The van der Waals surface area contributed by atoms with Crippen molar-refractivity contribution in [3.8, 4) is 11.5 Å². The fourth-order valence-electron chi connectivity index (χ4n) is 2.70. The van der Waals surface area contributed by atoms with Gasteiger partial charge in [-0.1, -0.05) is 32.0 Å². The second-order valence-corrected chi connectivity index (χ2v) is 8.03. The van der Waals surface area contributed by atoms with Crippen LogP contribution in [0.15, 0.2) is 45.5 Å². The number of hydrogen-bond donors (Lipinski definition) is 1. The van der Waals surface area contributed by atoms with E-state index in [-0.39, 0.29) is 25.3 Å². The molecule has 29 heavy (non-hydrogen) atoms. The standard InChI is InChI=1S/C20H20F3N3O2S/c1-19(2,14-4-3-5-15(10-14)20(21,22)23)12-24-16(27)6-7-17-25-26-18(28-17)13-8-9-29-11-13/h3-5,8-11H,6-7,12H2,1-2H3,(H,24,27). The lowest BCUT2D eigenvalue weighted by molar-refractivity contribution is -0.137. The average Bonchev–Trinajstić information content (AvgIpc) is 3.35. The lowest BCUT2D eigenvalue weighted by atomic mass is 9.83. The number of hydrogen-bond acceptors (Lipinski definition) is 5. The van der Waals surface area contributed by atoms with Crippen LogP contribution in [0.4, 0.5) is 13.2 Å². The predicted molar refractivity (Wildman–Crippen MR) is 103 cm³/mol. The summed E-state index contributed by atoms with van der Waals surface area (Å²) in [6.07, 6.45) is -3.97. The van der Waals surface area contributed by atoms with Gasteiger partial charge in [-0.2, -0.15) is 24.5 Å². The molecule has 2 aromatic heterocycles. The summed E-state index contributed by atoms with van der Waals surface area (Å²) in [4.78, 5) is 12.2. The summed E-state index contributed by atoms with van der Waals surface area (Å²) in [6, 6.07) is 7.03. The largest absolute Gasteiger partial charge is 0.421 e. The zero-order valence-electron chi connectivity index (χ0n) is 15.9. The van der Waals surface area contributed by atoms with Gasteiger partial charge in [0.05, 0.1) is 5.56 Å². The van der Waals surface area contributed by atoms with Crippen molar-refractivity contribution in [2.24, 2.45) is 0 Å². The number of nitrogens with one attached hydrogen (secondary N) is 1. The maximum atomic E-state index is 12.9. The number of aryl methyl sites for hydroxylation is 1. The zero-order chi connectivity index (χ0) is 21.1. The van der Waals surface area contributed by atoms with Gasteiger partial charge in [0.2, 0.25) is 17.7 Å². The minimum absolute atomic E-state index is 0.143. The summed E-state index contributed by atoms with van der Waals surface area (Å²) >= 11 is 1.52. The Hall–Kier alpha value is -2.68. The Bertz CT molecular complexity index is 966. The van der Waals surface area contributed by atoms with Crippen molar-refractivity contribution in [3.63, 3.8) is 0 Å². The lowest BCUT2D eigenvalue weighted by Crippen LogP contribution is -2.37. The van der Waals surface area contributed by atoms with Gasteiger partial charge in [-0.25, -0.2) is 0 Å². The number of benzene rings is 1. The van der Waals surface area contributed by atoms with Crippen LogP contribution in [0.3, 0.4) is 0 Å². The van der Waals surface area contributed by atoms with Crippen LogP contribution < -0.4 is 5.32 Å². The number of thiophene rings is 1. The van der Waals surface area contributed by atoms with E-state index in [0.29, 0.717) is 17.3 Å². The van der Waals surface area contributed by atoms with Crippen LogP contribution in [0.5, 0.6) is 0 Å². The van der Waals surface area contributed by atoms with Gasteiger partial charge in [0, 0.05) is 35.7 Å². The Kier molecular flexibility index (Phi) is 6.07. The molecule has 0 saturated carbocycles. The normalized spacial score (nSPS) is 12.2. The highest BCUT2D eigenvalue weighted by atomic mass is 32.1. The number of carbonyl (C=O) groups excluding carboxylic acids is 1. The first kappa shape index (κ1) is 21.0. The topological polar surface area (TPSA) is 68.0 Å². The maximum Gasteiger partial charge on any atom is 0.416 e. The Morgan fingerprint density at radius 2 is 1.93 bits per heavy atom. The first-order chi connectivity index (χ1) is 13.6. The number of carbonyl (C=O) groups is 1.